The van der Waals surface area contributed by atoms with Gasteiger partial charge in [-0.15, -0.1) is 0 Å². The lowest BCUT2D eigenvalue weighted by atomic mass is 9.77. The number of rotatable bonds is 2. The van der Waals surface area contributed by atoms with E-state index < -0.39 is 0 Å². The van der Waals surface area contributed by atoms with Crippen molar-refractivity contribution in [1.82, 2.24) is 0 Å². The number of esters is 1. The number of halogens is 1. The Morgan fingerprint density at radius 1 is 1.21 bits per heavy atom. The number of fused-ring (bicyclic) bond motifs is 3. The van der Waals surface area contributed by atoms with E-state index in [2.05, 4.69) is 17.5 Å². The normalized spacial score (nSPS) is 24.0. The number of hydrogen-bond donors (Lipinski definition) is 1. The highest BCUT2D eigenvalue weighted by atomic mass is 19.1. The zero-order chi connectivity index (χ0) is 16.7. The summed E-state index contributed by atoms with van der Waals surface area (Å²) in [6.07, 6.45) is 5.31. The average Bonchev–Trinajstić information content (AvgIpc) is 3.11. The first kappa shape index (κ1) is 14.9. The summed E-state index contributed by atoms with van der Waals surface area (Å²) < 4.78 is 18.4. The summed E-state index contributed by atoms with van der Waals surface area (Å²) in [5.74, 6) is 0.0420. The van der Waals surface area contributed by atoms with Crippen molar-refractivity contribution < 1.29 is 13.9 Å². The Hall–Kier alpha value is -2.62. The molecule has 0 saturated heterocycles. The van der Waals surface area contributed by atoms with E-state index in [0.29, 0.717) is 11.5 Å². The van der Waals surface area contributed by atoms with E-state index >= 15 is 0 Å². The van der Waals surface area contributed by atoms with E-state index in [1.807, 2.05) is 18.2 Å². The molecule has 0 amide bonds. The van der Waals surface area contributed by atoms with Crippen molar-refractivity contribution in [3.63, 3.8) is 0 Å². The molecule has 122 valence electrons. The van der Waals surface area contributed by atoms with E-state index in [9.17, 15) is 9.18 Å². The summed E-state index contributed by atoms with van der Waals surface area (Å²) >= 11 is 0. The zero-order valence-electron chi connectivity index (χ0n) is 13.3. The standard InChI is InChI=1S/C20H18FNO2/c1-24-20(23)13-7-5-12(6-8-13)19-16-4-2-3-15(16)17-11-14(21)9-10-18(17)22-19/h2-3,5-11,15-16,19,22H,4H2,1H3/t15-,16-,19+/m0/s1. The van der Waals surface area contributed by atoms with Crippen molar-refractivity contribution in [2.24, 2.45) is 5.92 Å². The lowest BCUT2D eigenvalue weighted by Gasteiger charge is -2.37. The molecule has 0 fully saturated rings. The van der Waals surface area contributed by atoms with Crippen molar-refractivity contribution in [3.05, 3.63) is 77.1 Å². The molecule has 1 aliphatic carbocycles. The minimum absolute atomic E-state index is 0.134. The predicted octanol–water partition coefficient (Wildman–Crippen LogP) is 4.44. The van der Waals surface area contributed by atoms with Crippen LogP contribution in [0.5, 0.6) is 0 Å². The molecule has 0 unspecified atom stereocenters. The van der Waals surface area contributed by atoms with Crippen molar-refractivity contribution in [1.29, 1.82) is 0 Å². The first-order chi connectivity index (χ1) is 11.7. The topological polar surface area (TPSA) is 38.3 Å². The van der Waals surface area contributed by atoms with E-state index in [1.54, 1.807) is 18.2 Å². The zero-order valence-corrected chi connectivity index (χ0v) is 13.3. The summed E-state index contributed by atoms with van der Waals surface area (Å²) in [6.45, 7) is 0. The van der Waals surface area contributed by atoms with Gasteiger partial charge in [0.25, 0.3) is 0 Å². The third kappa shape index (κ3) is 2.39. The number of allylic oxidation sites excluding steroid dienone is 2. The van der Waals surface area contributed by atoms with Gasteiger partial charge in [-0.1, -0.05) is 24.3 Å². The molecular weight excluding hydrogens is 305 g/mol. The maximum absolute atomic E-state index is 13.6. The Morgan fingerprint density at radius 2 is 2.00 bits per heavy atom. The third-order valence-corrected chi connectivity index (χ3v) is 5.02. The van der Waals surface area contributed by atoms with E-state index in [1.165, 1.54) is 13.2 Å². The van der Waals surface area contributed by atoms with Gasteiger partial charge in [-0.05, 0) is 53.8 Å². The number of ether oxygens (including phenoxy) is 1. The van der Waals surface area contributed by atoms with Gasteiger partial charge < -0.3 is 10.1 Å². The minimum Gasteiger partial charge on any atom is -0.465 e. The van der Waals surface area contributed by atoms with Gasteiger partial charge in [0, 0.05) is 11.6 Å². The summed E-state index contributed by atoms with van der Waals surface area (Å²) in [5.41, 5.74) is 3.67. The lowest BCUT2D eigenvalue weighted by molar-refractivity contribution is 0.0600. The van der Waals surface area contributed by atoms with Gasteiger partial charge in [-0.2, -0.15) is 0 Å². The average molecular weight is 323 g/mol. The van der Waals surface area contributed by atoms with Crippen LogP contribution in [0.2, 0.25) is 0 Å². The molecule has 4 heteroatoms. The van der Waals surface area contributed by atoms with Gasteiger partial charge in [-0.25, -0.2) is 9.18 Å². The molecule has 3 atom stereocenters. The number of benzene rings is 2. The number of carbonyl (C=O) groups is 1. The number of methoxy groups -OCH3 is 1. The summed E-state index contributed by atoms with van der Waals surface area (Å²) in [6, 6.07) is 12.6. The van der Waals surface area contributed by atoms with Crippen LogP contribution in [0.1, 0.15) is 39.9 Å². The molecule has 0 radical (unpaired) electrons. The van der Waals surface area contributed by atoms with Gasteiger partial charge >= 0.3 is 5.97 Å². The lowest BCUT2D eigenvalue weighted by Crippen LogP contribution is -2.29. The van der Waals surface area contributed by atoms with Crippen LogP contribution < -0.4 is 5.32 Å². The third-order valence-electron chi connectivity index (χ3n) is 5.02. The van der Waals surface area contributed by atoms with Crippen LogP contribution >= 0.6 is 0 Å². The van der Waals surface area contributed by atoms with Crippen molar-refractivity contribution in [2.45, 2.75) is 18.4 Å². The van der Waals surface area contributed by atoms with Crippen molar-refractivity contribution >= 4 is 11.7 Å². The Labute approximate surface area is 140 Å². The summed E-state index contributed by atoms with van der Waals surface area (Å²) in [7, 11) is 1.38. The highest BCUT2D eigenvalue weighted by Crippen LogP contribution is 2.49. The molecule has 1 N–H and O–H groups in total. The van der Waals surface area contributed by atoms with Gasteiger partial charge in [0.1, 0.15) is 5.82 Å². The van der Waals surface area contributed by atoms with Gasteiger partial charge in [-0.3, -0.25) is 0 Å². The molecule has 1 aliphatic heterocycles. The fourth-order valence-corrected chi connectivity index (χ4v) is 3.84. The Kier molecular flexibility index (Phi) is 3.60. The summed E-state index contributed by atoms with van der Waals surface area (Å²) in [4.78, 5) is 11.6. The summed E-state index contributed by atoms with van der Waals surface area (Å²) in [5, 5.41) is 3.55. The molecule has 3 nitrogen and oxygen atoms in total. The molecule has 2 aromatic carbocycles. The number of carbonyl (C=O) groups excluding carboxylic acids is 1. The van der Waals surface area contributed by atoms with Crippen molar-refractivity contribution in [2.75, 3.05) is 12.4 Å². The van der Waals surface area contributed by atoms with Crippen LogP contribution in [0.4, 0.5) is 10.1 Å². The molecule has 24 heavy (non-hydrogen) atoms. The number of anilines is 1. The van der Waals surface area contributed by atoms with Crippen LogP contribution in [0.25, 0.3) is 0 Å². The van der Waals surface area contributed by atoms with Gasteiger partial charge in [0.05, 0.1) is 18.7 Å². The molecule has 1 heterocycles. The van der Waals surface area contributed by atoms with Crippen molar-refractivity contribution in [3.8, 4) is 0 Å². The second-order valence-corrected chi connectivity index (χ2v) is 6.32. The highest BCUT2D eigenvalue weighted by Gasteiger charge is 2.37. The van der Waals surface area contributed by atoms with Gasteiger partial charge in [0.2, 0.25) is 0 Å². The number of hydrogen-bond acceptors (Lipinski definition) is 3. The maximum Gasteiger partial charge on any atom is 0.337 e. The van der Waals surface area contributed by atoms with E-state index in [0.717, 1.165) is 23.2 Å². The minimum atomic E-state index is -0.334. The molecular formula is C20H18FNO2. The highest BCUT2D eigenvalue weighted by molar-refractivity contribution is 5.89. The molecule has 4 rings (SSSR count). The van der Waals surface area contributed by atoms with Crippen LogP contribution in [0.3, 0.4) is 0 Å². The Balaban J connectivity index is 1.69. The van der Waals surface area contributed by atoms with Crippen LogP contribution in [-0.4, -0.2) is 13.1 Å². The van der Waals surface area contributed by atoms with Gasteiger partial charge in [0.15, 0.2) is 0 Å². The number of nitrogens with one attached hydrogen (secondary N) is 1. The Morgan fingerprint density at radius 3 is 2.75 bits per heavy atom. The van der Waals surface area contributed by atoms with Crippen LogP contribution in [-0.2, 0) is 4.74 Å². The quantitative estimate of drug-likeness (QED) is 0.656. The maximum atomic E-state index is 13.6. The van der Waals surface area contributed by atoms with E-state index in [-0.39, 0.29) is 23.7 Å². The predicted molar refractivity (Wildman–Crippen MR) is 90.5 cm³/mol. The fourth-order valence-electron chi connectivity index (χ4n) is 3.84. The fraction of sp³-hybridized carbons (Fsp3) is 0.250. The second kappa shape index (κ2) is 5.78. The molecule has 0 bridgehead atoms. The van der Waals surface area contributed by atoms with E-state index in [4.69, 9.17) is 4.74 Å². The second-order valence-electron chi connectivity index (χ2n) is 6.32. The molecule has 2 aromatic rings. The first-order valence-corrected chi connectivity index (χ1v) is 8.08. The smallest absolute Gasteiger partial charge is 0.337 e. The molecule has 0 aromatic heterocycles. The Bertz CT molecular complexity index is 813. The molecule has 0 spiro atoms. The molecule has 2 aliphatic rings. The van der Waals surface area contributed by atoms with Crippen LogP contribution in [0, 0.1) is 11.7 Å². The SMILES string of the molecule is COC(=O)c1ccc([C@H]2Nc3ccc(F)cc3[C@H]3C=CC[C@@H]32)cc1. The van der Waals surface area contributed by atoms with Crippen LogP contribution in [0.15, 0.2) is 54.6 Å². The monoisotopic (exact) mass is 323 g/mol. The largest absolute Gasteiger partial charge is 0.465 e. The first-order valence-electron chi connectivity index (χ1n) is 8.08. The molecule has 0 saturated carbocycles.